The quantitative estimate of drug-likeness (QED) is 0.541. The maximum Gasteiger partial charge on any atom is 0.242 e. The maximum absolute atomic E-state index is 13.6. The number of halogens is 2. The summed E-state index contributed by atoms with van der Waals surface area (Å²) in [6, 6.07) is 13.4. The molecule has 2 atom stereocenters. The smallest absolute Gasteiger partial charge is 0.242 e. The van der Waals surface area contributed by atoms with Crippen LogP contribution in [-0.4, -0.2) is 24.4 Å². The van der Waals surface area contributed by atoms with Crippen LogP contribution in [0.2, 0.25) is 5.02 Å². The van der Waals surface area contributed by atoms with Gasteiger partial charge in [-0.3, -0.25) is 9.48 Å². The summed E-state index contributed by atoms with van der Waals surface area (Å²) < 4.78 is 17.1. The lowest BCUT2D eigenvalue weighted by Crippen LogP contribution is -2.32. The van der Waals surface area contributed by atoms with Gasteiger partial charge in [-0.15, -0.1) is 0 Å². The zero-order valence-electron chi connectivity index (χ0n) is 15.6. The molecule has 8 heteroatoms. The summed E-state index contributed by atoms with van der Waals surface area (Å²) in [5.41, 5.74) is 1.52. The summed E-state index contributed by atoms with van der Waals surface area (Å²) in [4.78, 5) is 16.4. The fourth-order valence-electron chi connectivity index (χ4n) is 4.09. The van der Waals surface area contributed by atoms with Crippen molar-refractivity contribution in [1.29, 1.82) is 0 Å². The molecule has 0 saturated heterocycles. The van der Waals surface area contributed by atoms with Crippen molar-refractivity contribution in [3.8, 4) is 17.3 Å². The standard InChI is InChI=1S/C22H16ClFN4O2/c23-15-5-1-13(2-6-15)19(14-3-7-16(24)8-4-14)17-12-27-10-9-25-22(27)20-21(30)18(29)11-26-28(17)20/h1-11,17,19,30H,12H2/t17-,19?/m1/s1. The topological polar surface area (TPSA) is 72.9 Å². The monoisotopic (exact) mass is 422 g/mol. The minimum atomic E-state index is -0.568. The number of hydrogen-bond acceptors (Lipinski definition) is 4. The number of nitrogens with zero attached hydrogens (tertiary/aromatic N) is 4. The van der Waals surface area contributed by atoms with E-state index < -0.39 is 11.2 Å². The second-order valence-electron chi connectivity index (χ2n) is 7.20. The van der Waals surface area contributed by atoms with E-state index in [-0.39, 0.29) is 23.5 Å². The third kappa shape index (κ3) is 2.98. The van der Waals surface area contributed by atoms with Crippen LogP contribution >= 0.6 is 11.6 Å². The largest absolute Gasteiger partial charge is 0.503 e. The predicted octanol–water partition coefficient (Wildman–Crippen LogP) is 3.99. The molecule has 5 rings (SSSR count). The van der Waals surface area contributed by atoms with Gasteiger partial charge >= 0.3 is 0 Å². The minimum Gasteiger partial charge on any atom is -0.503 e. The Bertz CT molecular complexity index is 1240. The van der Waals surface area contributed by atoms with E-state index in [2.05, 4.69) is 10.1 Å². The number of hydrogen-bond donors (Lipinski definition) is 1. The summed E-state index contributed by atoms with van der Waals surface area (Å²) in [5.74, 6) is -0.487. The van der Waals surface area contributed by atoms with Crippen LogP contribution in [0.3, 0.4) is 0 Å². The van der Waals surface area contributed by atoms with Crippen LogP contribution in [0.15, 0.2) is 71.9 Å². The van der Waals surface area contributed by atoms with Crippen molar-refractivity contribution in [2.75, 3.05) is 0 Å². The van der Waals surface area contributed by atoms with Crippen molar-refractivity contribution in [1.82, 2.24) is 19.3 Å². The molecule has 1 aliphatic rings. The van der Waals surface area contributed by atoms with E-state index in [9.17, 15) is 14.3 Å². The van der Waals surface area contributed by atoms with Crippen molar-refractivity contribution < 1.29 is 9.50 Å². The lowest BCUT2D eigenvalue weighted by molar-refractivity contribution is 0.331. The van der Waals surface area contributed by atoms with Crippen LogP contribution < -0.4 is 5.43 Å². The van der Waals surface area contributed by atoms with Gasteiger partial charge in [0.05, 0.1) is 12.2 Å². The van der Waals surface area contributed by atoms with Gasteiger partial charge in [0, 0.05) is 29.9 Å². The SMILES string of the molecule is O=c1cnn2c(c1O)-c1nccn1C[C@@H]2C(c1ccc(F)cc1)c1ccc(Cl)cc1. The van der Waals surface area contributed by atoms with Crippen molar-refractivity contribution in [3.63, 3.8) is 0 Å². The Labute approximate surface area is 175 Å². The lowest BCUT2D eigenvalue weighted by atomic mass is 9.84. The highest BCUT2D eigenvalue weighted by molar-refractivity contribution is 6.30. The van der Waals surface area contributed by atoms with Gasteiger partial charge in [-0.05, 0) is 35.4 Å². The summed E-state index contributed by atoms with van der Waals surface area (Å²) in [6.07, 6.45) is 4.52. The molecular weight excluding hydrogens is 407 g/mol. The molecule has 30 heavy (non-hydrogen) atoms. The van der Waals surface area contributed by atoms with Crippen LogP contribution in [0.25, 0.3) is 11.5 Å². The Balaban J connectivity index is 1.74. The highest BCUT2D eigenvalue weighted by Gasteiger charge is 2.35. The molecule has 4 aromatic rings. The molecule has 2 aromatic carbocycles. The van der Waals surface area contributed by atoms with Crippen LogP contribution in [0, 0.1) is 5.82 Å². The average Bonchev–Trinajstić information content (AvgIpc) is 3.22. The molecule has 0 amide bonds. The number of aromatic nitrogens is 4. The summed E-state index contributed by atoms with van der Waals surface area (Å²) in [6.45, 7) is 0.502. The molecule has 0 fully saturated rings. The third-order valence-corrected chi connectivity index (χ3v) is 5.71. The molecule has 0 saturated carbocycles. The normalized spacial score (nSPS) is 16.0. The van der Waals surface area contributed by atoms with E-state index in [4.69, 9.17) is 11.6 Å². The molecule has 0 radical (unpaired) electrons. The Morgan fingerprint density at radius 3 is 2.47 bits per heavy atom. The van der Waals surface area contributed by atoms with Crippen molar-refractivity contribution in [2.24, 2.45) is 0 Å². The molecule has 1 aliphatic heterocycles. The predicted molar refractivity (Wildman–Crippen MR) is 110 cm³/mol. The molecule has 6 nitrogen and oxygen atoms in total. The first kappa shape index (κ1) is 18.6. The second kappa shape index (κ2) is 7.11. The number of rotatable bonds is 3. The van der Waals surface area contributed by atoms with Gasteiger partial charge in [0.1, 0.15) is 11.5 Å². The van der Waals surface area contributed by atoms with E-state index in [1.54, 1.807) is 41.3 Å². The molecular formula is C22H16ClFN4O2. The molecule has 1 N–H and O–H groups in total. The first-order valence-corrected chi connectivity index (χ1v) is 9.74. The number of benzene rings is 2. The summed E-state index contributed by atoms with van der Waals surface area (Å²) in [7, 11) is 0. The molecule has 3 heterocycles. The lowest BCUT2D eigenvalue weighted by Gasteiger charge is -2.34. The van der Waals surface area contributed by atoms with Crippen LogP contribution in [0.4, 0.5) is 4.39 Å². The van der Waals surface area contributed by atoms with Gasteiger partial charge < -0.3 is 9.67 Å². The fourth-order valence-corrected chi connectivity index (χ4v) is 4.22. The van der Waals surface area contributed by atoms with Gasteiger partial charge in [-0.2, -0.15) is 5.10 Å². The molecule has 2 aromatic heterocycles. The molecule has 0 aliphatic carbocycles. The van der Waals surface area contributed by atoms with Gasteiger partial charge in [0.25, 0.3) is 0 Å². The average molecular weight is 423 g/mol. The number of aromatic hydroxyl groups is 1. The summed E-state index contributed by atoms with van der Waals surface area (Å²) >= 11 is 6.09. The van der Waals surface area contributed by atoms with Gasteiger partial charge in [-0.25, -0.2) is 9.37 Å². The van der Waals surface area contributed by atoms with Gasteiger partial charge in [-0.1, -0.05) is 35.9 Å². The maximum atomic E-state index is 13.6. The fraction of sp³-hybridized carbons (Fsp3) is 0.136. The van der Waals surface area contributed by atoms with Crippen LogP contribution in [0.5, 0.6) is 5.75 Å². The van der Waals surface area contributed by atoms with E-state index in [0.29, 0.717) is 17.4 Å². The van der Waals surface area contributed by atoms with Crippen molar-refractivity contribution >= 4 is 11.6 Å². The zero-order chi connectivity index (χ0) is 20.8. The number of fused-ring (bicyclic) bond motifs is 3. The first-order chi connectivity index (χ1) is 14.5. The Morgan fingerprint density at radius 1 is 1.10 bits per heavy atom. The highest BCUT2D eigenvalue weighted by Crippen LogP contribution is 2.42. The molecule has 150 valence electrons. The van der Waals surface area contributed by atoms with Crippen LogP contribution in [-0.2, 0) is 6.54 Å². The summed E-state index contributed by atoms with van der Waals surface area (Å²) in [5, 5.41) is 15.5. The van der Waals surface area contributed by atoms with Crippen LogP contribution in [0.1, 0.15) is 23.1 Å². The third-order valence-electron chi connectivity index (χ3n) is 5.45. The number of imidazole rings is 1. The molecule has 1 unspecified atom stereocenters. The highest BCUT2D eigenvalue weighted by atomic mass is 35.5. The zero-order valence-corrected chi connectivity index (χ0v) is 16.4. The first-order valence-electron chi connectivity index (χ1n) is 9.36. The van der Waals surface area contributed by atoms with Crippen molar-refractivity contribution in [2.45, 2.75) is 18.5 Å². The van der Waals surface area contributed by atoms with E-state index in [1.807, 2.05) is 16.7 Å². The minimum absolute atomic E-state index is 0.244. The van der Waals surface area contributed by atoms with E-state index in [0.717, 1.165) is 17.3 Å². The van der Waals surface area contributed by atoms with E-state index >= 15 is 0 Å². The molecule has 0 bridgehead atoms. The van der Waals surface area contributed by atoms with Gasteiger partial charge in [0.15, 0.2) is 11.6 Å². The Morgan fingerprint density at radius 2 is 1.77 bits per heavy atom. The van der Waals surface area contributed by atoms with E-state index in [1.165, 1.54) is 12.1 Å². The Kier molecular flexibility index (Phi) is 4.40. The molecule has 0 spiro atoms. The second-order valence-corrected chi connectivity index (χ2v) is 7.64. The van der Waals surface area contributed by atoms with Gasteiger partial charge in [0.2, 0.25) is 5.43 Å². The van der Waals surface area contributed by atoms with Crippen molar-refractivity contribution in [3.05, 3.63) is 99.3 Å². The Hall–Kier alpha value is -3.45.